The molecule has 0 saturated heterocycles. The van der Waals surface area contributed by atoms with Crippen LogP contribution in [0.5, 0.6) is 0 Å². The lowest BCUT2D eigenvalue weighted by atomic mass is 10.1. The van der Waals surface area contributed by atoms with E-state index in [-0.39, 0.29) is 6.61 Å². The lowest BCUT2D eigenvalue weighted by molar-refractivity contribution is -0.167. The molecule has 102 valence electrons. The summed E-state index contributed by atoms with van der Waals surface area (Å²) in [6, 6.07) is 0. The van der Waals surface area contributed by atoms with Crippen LogP contribution in [0.15, 0.2) is 12.7 Å². The summed E-state index contributed by atoms with van der Waals surface area (Å²) in [7, 11) is 0. The minimum atomic E-state index is -1.56. The monoisotopic (exact) mass is 258 g/mol. The Morgan fingerprint density at radius 3 is 2.28 bits per heavy atom. The zero-order valence-electron chi connectivity index (χ0n) is 10.8. The van der Waals surface area contributed by atoms with E-state index >= 15 is 0 Å². The predicted octanol–water partition coefficient (Wildman–Crippen LogP) is 1.15. The molecule has 0 amide bonds. The number of aliphatic carboxylic acids is 1. The van der Waals surface area contributed by atoms with Crippen LogP contribution in [0.1, 0.15) is 27.2 Å². The Hall–Kier alpha value is -1.85. The number of ether oxygens (including phenoxy) is 2. The lowest BCUT2D eigenvalue weighted by Gasteiger charge is -2.20. The van der Waals surface area contributed by atoms with Crippen molar-refractivity contribution in [3.8, 4) is 0 Å². The van der Waals surface area contributed by atoms with Crippen LogP contribution < -0.4 is 0 Å². The number of carboxylic acids is 1. The number of rotatable bonds is 6. The van der Waals surface area contributed by atoms with E-state index in [1.165, 1.54) is 6.08 Å². The van der Waals surface area contributed by atoms with Gasteiger partial charge >= 0.3 is 17.9 Å². The molecule has 0 radical (unpaired) electrons. The molecule has 0 spiro atoms. The Kier molecular flexibility index (Phi) is 6.08. The summed E-state index contributed by atoms with van der Waals surface area (Å²) in [4.78, 5) is 33.7. The van der Waals surface area contributed by atoms with Gasteiger partial charge in [0, 0.05) is 0 Å². The zero-order valence-corrected chi connectivity index (χ0v) is 10.8. The second-order valence-electron chi connectivity index (χ2n) is 4.60. The molecule has 1 atom stereocenters. The highest BCUT2D eigenvalue weighted by Crippen LogP contribution is 2.13. The quantitative estimate of drug-likeness (QED) is 0.436. The molecule has 0 aromatic carbocycles. The van der Waals surface area contributed by atoms with Gasteiger partial charge in [-0.1, -0.05) is 12.7 Å². The van der Waals surface area contributed by atoms with E-state index < -0.39 is 35.8 Å². The van der Waals surface area contributed by atoms with Gasteiger partial charge in [0.05, 0.1) is 6.42 Å². The third-order valence-electron chi connectivity index (χ3n) is 1.72. The summed E-state index contributed by atoms with van der Waals surface area (Å²) >= 11 is 0. The Balaban J connectivity index is 4.54. The van der Waals surface area contributed by atoms with Crippen molar-refractivity contribution in [1.82, 2.24) is 0 Å². The number of esters is 2. The highest BCUT2D eigenvalue weighted by Gasteiger charge is 2.32. The summed E-state index contributed by atoms with van der Waals surface area (Å²) in [5, 5.41) is 8.86. The smallest absolute Gasteiger partial charge is 0.321 e. The maximum Gasteiger partial charge on any atom is 0.321 e. The molecule has 6 nitrogen and oxygen atoms in total. The minimum Gasteiger partial charge on any atom is -0.481 e. The molecule has 6 heteroatoms. The standard InChI is InChI=1S/C12H18O6/c1-5-6-17-11(16)8(10(14)15)7-9(13)18-12(2,3)4/h5,8H,1,6-7H2,2-4H3,(H,14,15). The first-order valence-electron chi connectivity index (χ1n) is 5.39. The van der Waals surface area contributed by atoms with Gasteiger partial charge in [0.15, 0.2) is 5.92 Å². The Labute approximate surface area is 106 Å². The van der Waals surface area contributed by atoms with Crippen molar-refractivity contribution < 1.29 is 29.0 Å². The Bertz CT molecular complexity index is 339. The largest absolute Gasteiger partial charge is 0.481 e. The normalized spacial score (nSPS) is 12.4. The molecule has 0 bridgehead atoms. The van der Waals surface area contributed by atoms with E-state index in [1.807, 2.05) is 0 Å². The van der Waals surface area contributed by atoms with Crippen LogP contribution in [0.25, 0.3) is 0 Å². The van der Waals surface area contributed by atoms with Crippen molar-refractivity contribution in [1.29, 1.82) is 0 Å². The fourth-order valence-corrected chi connectivity index (χ4v) is 1.06. The molecule has 1 unspecified atom stereocenters. The maximum absolute atomic E-state index is 11.4. The van der Waals surface area contributed by atoms with Crippen molar-refractivity contribution >= 4 is 17.9 Å². The average Bonchev–Trinajstić information content (AvgIpc) is 2.19. The highest BCUT2D eigenvalue weighted by molar-refractivity contribution is 5.97. The summed E-state index contributed by atoms with van der Waals surface area (Å²) in [5.74, 6) is -4.71. The summed E-state index contributed by atoms with van der Waals surface area (Å²) < 4.78 is 9.54. The van der Waals surface area contributed by atoms with Crippen LogP contribution in [-0.4, -0.2) is 35.2 Å². The molecular weight excluding hydrogens is 240 g/mol. The number of hydrogen-bond acceptors (Lipinski definition) is 5. The number of hydrogen-bond donors (Lipinski definition) is 1. The van der Waals surface area contributed by atoms with Crippen molar-refractivity contribution in [3.63, 3.8) is 0 Å². The van der Waals surface area contributed by atoms with Gasteiger partial charge in [-0.05, 0) is 20.8 Å². The van der Waals surface area contributed by atoms with E-state index in [0.717, 1.165) is 0 Å². The van der Waals surface area contributed by atoms with Crippen LogP contribution in [0.4, 0.5) is 0 Å². The molecule has 0 aromatic rings. The predicted molar refractivity (Wildman–Crippen MR) is 62.7 cm³/mol. The van der Waals surface area contributed by atoms with Crippen molar-refractivity contribution in [2.24, 2.45) is 5.92 Å². The average molecular weight is 258 g/mol. The van der Waals surface area contributed by atoms with Gasteiger partial charge < -0.3 is 14.6 Å². The molecule has 0 fully saturated rings. The fourth-order valence-electron chi connectivity index (χ4n) is 1.06. The van der Waals surface area contributed by atoms with Crippen LogP contribution >= 0.6 is 0 Å². The van der Waals surface area contributed by atoms with Gasteiger partial charge in [-0.2, -0.15) is 0 Å². The molecule has 0 heterocycles. The van der Waals surface area contributed by atoms with Crippen LogP contribution in [0, 0.1) is 5.92 Å². The molecule has 0 rings (SSSR count). The summed E-state index contributed by atoms with van der Waals surface area (Å²) in [6.07, 6.45) is 0.757. The fraction of sp³-hybridized carbons (Fsp3) is 0.583. The summed E-state index contributed by atoms with van der Waals surface area (Å²) in [5.41, 5.74) is -0.731. The topological polar surface area (TPSA) is 89.9 Å². The van der Waals surface area contributed by atoms with E-state index in [1.54, 1.807) is 20.8 Å². The molecule has 0 aliphatic rings. The first-order chi connectivity index (χ1) is 8.17. The molecule has 0 aromatic heterocycles. The minimum absolute atomic E-state index is 0.100. The molecule has 0 aliphatic carbocycles. The number of carbonyl (C=O) groups is 3. The third-order valence-corrected chi connectivity index (χ3v) is 1.72. The second kappa shape index (κ2) is 6.78. The Morgan fingerprint density at radius 2 is 1.89 bits per heavy atom. The maximum atomic E-state index is 11.4. The van der Waals surface area contributed by atoms with Crippen LogP contribution in [-0.2, 0) is 23.9 Å². The van der Waals surface area contributed by atoms with E-state index in [4.69, 9.17) is 9.84 Å². The first-order valence-corrected chi connectivity index (χ1v) is 5.39. The first kappa shape index (κ1) is 16.1. The summed E-state index contributed by atoms with van der Waals surface area (Å²) in [6.45, 7) is 8.18. The molecular formula is C12H18O6. The zero-order chi connectivity index (χ0) is 14.3. The van der Waals surface area contributed by atoms with Gasteiger partial charge in [-0.3, -0.25) is 14.4 Å². The highest BCUT2D eigenvalue weighted by atomic mass is 16.6. The van der Waals surface area contributed by atoms with Gasteiger partial charge in [-0.15, -0.1) is 0 Å². The molecule has 0 saturated carbocycles. The van der Waals surface area contributed by atoms with E-state index in [9.17, 15) is 14.4 Å². The van der Waals surface area contributed by atoms with Gasteiger partial charge in [0.2, 0.25) is 0 Å². The SMILES string of the molecule is C=CCOC(=O)C(CC(=O)OC(C)(C)C)C(=O)O. The third kappa shape index (κ3) is 6.67. The van der Waals surface area contributed by atoms with Crippen molar-refractivity contribution in [2.75, 3.05) is 6.61 Å². The Morgan fingerprint density at radius 1 is 1.33 bits per heavy atom. The van der Waals surface area contributed by atoms with Crippen LogP contribution in [0.3, 0.4) is 0 Å². The van der Waals surface area contributed by atoms with E-state index in [0.29, 0.717) is 0 Å². The van der Waals surface area contributed by atoms with E-state index in [2.05, 4.69) is 11.3 Å². The lowest BCUT2D eigenvalue weighted by Crippen LogP contribution is -2.32. The van der Waals surface area contributed by atoms with Crippen LogP contribution in [0.2, 0.25) is 0 Å². The molecule has 0 aliphatic heterocycles. The van der Waals surface area contributed by atoms with Crippen molar-refractivity contribution in [3.05, 3.63) is 12.7 Å². The second-order valence-corrected chi connectivity index (χ2v) is 4.60. The number of carbonyl (C=O) groups excluding carboxylic acids is 2. The van der Waals surface area contributed by atoms with Crippen molar-refractivity contribution in [2.45, 2.75) is 32.8 Å². The van der Waals surface area contributed by atoms with Gasteiger partial charge in [0.25, 0.3) is 0 Å². The van der Waals surface area contributed by atoms with Gasteiger partial charge in [-0.25, -0.2) is 0 Å². The number of carboxylic acid groups (broad SMARTS) is 1. The van der Waals surface area contributed by atoms with Gasteiger partial charge in [0.1, 0.15) is 12.2 Å². The molecule has 1 N–H and O–H groups in total. The molecule has 18 heavy (non-hydrogen) atoms.